The molecule has 0 saturated carbocycles. The summed E-state index contributed by atoms with van der Waals surface area (Å²) in [6.45, 7) is 7.82. The maximum absolute atomic E-state index is 12.1. The standard InChI is InChI=1S/C16H26N2O4/c1-5-11(6-2)12-9-13(22-18-12)14(19)17-10-16(7-3,8-4)15(20)21/h9,11H,5-8,10H2,1-4H3,(H,17,19)(H,20,21). The van der Waals surface area contributed by atoms with E-state index in [1.54, 1.807) is 6.07 Å². The van der Waals surface area contributed by atoms with E-state index in [-0.39, 0.29) is 18.2 Å². The van der Waals surface area contributed by atoms with Gasteiger partial charge in [0, 0.05) is 18.5 Å². The van der Waals surface area contributed by atoms with Crippen LogP contribution in [0.2, 0.25) is 0 Å². The van der Waals surface area contributed by atoms with Crippen molar-refractivity contribution in [1.82, 2.24) is 10.5 Å². The quantitative estimate of drug-likeness (QED) is 0.730. The first kappa shape index (κ1) is 18.2. The van der Waals surface area contributed by atoms with Crippen LogP contribution in [0, 0.1) is 5.41 Å². The van der Waals surface area contributed by atoms with Crippen LogP contribution >= 0.6 is 0 Å². The Kier molecular flexibility index (Phi) is 6.59. The molecule has 1 aromatic rings. The van der Waals surface area contributed by atoms with E-state index in [2.05, 4.69) is 24.3 Å². The molecule has 0 fully saturated rings. The van der Waals surface area contributed by atoms with E-state index < -0.39 is 17.3 Å². The highest BCUT2D eigenvalue weighted by Crippen LogP contribution is 2.26. The predicted molar refractivity (Wildman–Crippen MR) is 82.8 cm³/mol. The van der Waals surface area contributed by atoms with Gasteiger partial charge in [-0.25, -0.2) is 0 Å². The van der Waals surface area contributed by atoms with Gasteiger partial charge in [0.15, 0.2) is 0 Å². The van der Waals surface area contributed by atoms with Gasteiger partial charge in [0.2, 0.25) is 5.76 Å². The van der Waals surface area contributed by atoms with Gasteiger partial charge in [0.25, 0.3) is 5.91 Å². The molecule has 6 heteroatoms. The van der Waals surface area contributed by atoms with Crippen LogP contribution in [0.15, 0.2) is 10.6 Å². The summed E-state index contributed by atoms with van der Waals surface area (Å²) in [7, 11) is 0. The van der Waals surface area contributed by atoms with Gasteiger partial charge in [-0.15, -0.1) is 0 Å². The number of carbonyl (C=O) groups is 2. The zero-order valence-electron chi connectivity index (χ0n) is 13.8. The van der Waals surface area contributed by atoms with E-state index in [0.717, 1.165) is 18.5 Å². The Hall–Kier alpha value is -1.85. The third-order valence-electron chi connectivity index (χ3n) is 4.55. The summed E-state index contributed by atoms with van der Waals surface area (Å²) in [6, 6.07) is 1.65. The number of aromatic nitrogens is 1. The Balaban J connectivity index is 2.75. The third-order valence-corrected chi connectivity index (χ3v) is 4.55. The van der Waals surface area contributed by atoms with Crippen LogP contribution in [0.5, 0.6) is 0 Å². The molecule has 1 aromatic heterocycles. The van der Waals surface area contributed by atoms with E-state index in [9.17, 15) is 14.7 Å². The molecule has 0 unspecified atom stereocenters. The van der Waals surface area contributed by atoms with Gasteiger partial charge in [0.05, 0.1) is 11.1 Å². The van der Waals surface area contributed by atoms with Crippen molar-refractivity contribution in [3.8, 4) is 0 Å². The zero-order chi connectivity index (χ0) is 16.8. The van der Waals surface area contributed by atoms with Crippen LogP contribution in [-0.4, -0.2) is 28.7 Å². The average molecular weight is 310 g/mol. The molecule has 0 aliphatic carbocycles. The second-order valence-electron chi connectivity index (χ2n) is 5.60. The highest BCUT2D eigenvalue weighted by molar-refractivity contribution is 5.91. The molecule has 124 valence electrons. The number of carbonyl (C=O) groups excluding carboxylic acids is 1. The van der Waals surface area contributed by atoms with Gasteiger partial charge in [-0.1, -0.05) is 32.9 Å². The van der Waals surface area contributed by atoms with Crippen LogP contribution in [-0.2, 0) is 4.79 Å². The highest BCUT2D eigenvalue weighted by Gasteiger charge is 2.35. The van der Waals surface area contributed by atoms with Crippen LogP contribution in [0.4, 0.5) is 0 Å². The Labute approximate surface area is 131 Å². The minimum absolute atomic E-state index is 0.0786. The number of hydrogen-bond donors (Lipinski definition) is 2. The SMILES string of the molecule is CCC(CC)c1cc(C(=O)NCC(CC)(CC)C(=O)O)on1. The van der Waals surface area contributed by atoms with Crippen molar-refractivity contribution in [1.29, 1.82) is 0 Å². The monoisotopic (exact) mass is 310 g/mol. The molecule has 22 heavy (non-hydrogen) atoms. The van der Waals surface area contributed by atoms with Crippen molar-refractivity contribution >= 4 is 11.9 Å². The van der Waals surface area contributed by atoms with Crippen molar-refractivity contribution in [2.45, 2.75) is 59.3 Å². The number of hydrogen-bond acceptors (Lipinski definition) is 4. The van der Waals surface area contributed by atoms with Gasteiger partial charge < -0.3 is 14.9 Å². The Morgan fingerprint density at radius 2 is 1.86 bits per heavy atom. The summed E-state index contributed by atoms with van der Waals surface area (Å²) < 4.78 is 5.09. The Bertz CT molecular complexity index is 502. The highest BCUT2D eigenvalue weighted by atomic mass is 16.5. The predicted octanol–water partition coefficient (Wildman–Crippen LogP) is 3.20. The van der Waals surface area contributed by atoms with E-state index in [0.29, 0.717) is 12.8 Å². The molecule has 0 radical (unpaired) electrons. The fraction of sp³-hybridized carbons (Fsp3) is 0.688. The molecule has 0 atom stereocenters. The Morgan fingerprint density at radius 1 is 1.27 bits per heavy atom. The molecule has 2 N–H and O–H groups in total. The van der Waals surface area contributed by atoms with Crippen LogP contribution in [0.1, 0.15) is 75.5 Å². The molecular formula is C16H26N2O4. The molecule has 1 heterocycles. The number of carboxylic acid groups (broad SMARTS) is 1. The fourth-order valence-corrected chi connectivity index (χ4v) is 2.51. The molecule has 1 rings (SSSR count). The lowest BCUT2D eigenvalue weighted by atomic mass is 9.82. The van der Waals surface area contributed by atoms with Crippen molar-refractivity contribution < 1.29 is 19.2 Å². The maximum Gasteiger partial charge on any atom is 0.311 e. The van der Waals surface area contributed by atoms with Gasteiger partial charge in [-0.05, 0) is 25.7 Å². The first-order valence-electron chi connectivity index (χ1n) is 7.92. The maximum atomic E-state index is 12.1. The molecule has 0 aliphatic rings. The Morgan fingerprint density at radius 3 is 2.32 bits per heavy atom. The topological polar surface area (TPSA) is 92.4 Å². The summed E-state index contributed by atoms with van der Waals surface area (Å²) >= 11 is 0. The lowest BCUT2D eigenvalue weighted by Gasteiger charge is -2.26. The number of aliphatic carboxylic acids is 1. The van der Waals surface area contributed by atoms with Crippen molar-refractivity contribution in [3.63, 3.8) is 0 Å². The molecule has 0 bridgehead atoms. The van der Waals surface area contributed by atoms with Gasteiger partial charge in [-0.2, -0.15) is 0 Å². The average Bonchev–Trinajstić information content (AvgIpc) is 2.99. The first-order valence-corrected chi connectivity index (χ1v) is 7.92. The molecule has 0 spiro atoms. The largest absolute Gasteiger partial charge is 0.481 e. The van der Waals surface area contributed by atoms with Gasteiger partial charge in [0.1, 0.15) is 0 Å². The van der Waals surface area contributed by atoms with Crippen LogP contribution in [0.3, 0.4) is 0 Å². The number of nitrogens with zero attached hydrogens (tertiary/aromatic N) is 1. The molecule has 6 nitrogen and oxygen atoms in total. The summed E-state index contributed by atoms with van der Waals surface area (Å²) in [5.41, 5.74) is -0.168. The van der Waals surface area contributed by atoms with E-state index in [4.69, 9.17) is 4.52 Å². The van der Waals surface area contributed by atoms with Crippen LogP contribution in [0.25, 0.3) is 0 Å². The number of carboxylic acids is 1. The van der Waals surface area contributed by atoms with E-state index >= 15 is 0 Å². The summed E-state index contributed by atoms with van der Waals surface area (Å²) in [5, 5.41) is 16.0. The van der Waals surface area contributed by atoms with Crippen LogP contribution < -0.4 is 5.32 Å². The van der Waals surface area contributed by atoms with E-state index in [1.807, 2.05) is 13.8 Å². The fourth-order valence-electron chi connectivity index (χ4n) is 2.51. The first-order chi connectivity index (χ1) is 10.4. The molecule has 0 saturated heterocycles. The zero-order valence-corrected chi connectivity index (χ0v) is 13.8. The molecule has 0 aromatic carbocycles. The van der Waals surface area contributed by atoms with E-state index in [1.165, 1.54) is 0 Å². The number of amides is 1. The summed E-state index contributed by atoms with van der Waals surface area (Å²) in [4.78, 5) is 23.5. The molecular weight excluding hydrogens is 284 g/mol. The van der Waals surface area contributed by atoms with Crippen molar-refractivity contribution in [2.75, 3.05) is 6.54 Å². The van der Waals surface area contributed by atoms with Gasteiger partial charge >= 0.3 is 5.97 Å². The number of nitrogens with one attached hydrogen (secondary N) is 1. The van der Waals surface area contributed by atoms with Crippen molar-refractivity contribution in [3.05, 3.63) is 17.5 Å². The summed E-state index contributed by atoms with van der Waals surface area (Å²) in [5.74, 6) is -0.909. The normalized spacial score (nSPS) is 11.7. The molecule has 1 amide bonds. The smallest absolute Gasteiger partial charge is 0.311 e. The lowest BCUT2D eigenvalue weighted by molar-refractivity contribution is -0.149. The lowest BCUT2D eigenvalue weighted by Crippen LogP contribution is -2.42. The minimum atomic E-state index is -0.937. The second kappa shape index (κ2) is 7.96. The molecule has 0 aliphatic heterocycles. The van der Waals surface area contributed by atoms with Crippen molar-refractivity contribution in [2.24, 2.45) is 5.41 Å². The second-order valence-corrected chi connectivity index (χ2v) is 5.60. The number of rotatable bonds is 9. The summed E-state index contributed by atoms with van der Waals surface area (Å²) in [6.07, 6.45) is 2.76. The minimum Gasteiger partial charge on any atom is -0.481 e. The van der Waals surface area contributed by atoms with Gasteiger partial charge in [-0.3, -0.25) is 9.59 Å². The third kappa shape index (κ3) is 3.87.